The minimum Gasteiger partial charge on any atom is -0.383 e. The van der Waals surface area contributed by atoms with Crippen molar-refractivity contribution in [2.75, 3.05) is 44.6 Å². The van der Waals surface area contributed by atoms with Gasteiger partial charge >= 0.3 is 0 Å². The van der Waals surface area contributed by atoms with E-state index in [4.69, 9.17) is 16.9 Å². The zero-order valence-electron chi connectivity index (χ0n) is 10.2. The normalized spacial score (nSPS) is 16.2. The highest BCUT2D eigenvalue weighted by atomic mass is 35.5. The molecule has 2 rings (SSSR count). The molecule has 4 nitrogen and oxygen atoms in total. The van der Waals surface area contributed by atoms with E-state index in [1.807, 2.05) is 12.1 Å². The van der Waals surface area contributed by atoms with Crippen LogP contribution in [0.2, 0.25) is 5.02 Å². The van der Waals surface area contributed by atoms with Crippen LogP contribution in [0.4, 0.5) is 5.69 Å². The van der Waals surface area contributed by atoms with Crippen molar-refractivity contribution in [2.24, 2.45) is 0 Å². The van der Waals surface area contributed by atoms with E-state index in [1.165, 1.54) is 0 Å². The van der Waals surface area contributed by atoms with E-state index in [0.29, 0.717) is 10.6 Å². The zero-order chi connectivity index (χ0) is 12.8. The number of halogens is 1. The number of anilines is 1. The third-order valence-electron chi connectivity index (χ3n) is 3.08. The van der Waals surface area contributed by atoms with Crippen LogP contribution in [0.25, 0.3) is 0 Å². The van der Waals surface area contributed by atoms with E-state index >= 15 is 0 Å². The van der Waals surface area contributed by atoms with Gasteiger partial charge in [-0.25, -0.2) is 0 Å². The van der Waals surface area contributed by atoms with Gasteiger partial charge in [-0.3, -0.25) is 4.90 Å². The fourth-order valence-corrected chi connectivity index (χ4v) is 2.29. The first-order valence-corrected chi connectivity index (χ1v) is 6.54. The van der Waals surface area contributed by atoms with Crippen LogP contribution in [0.3, 0.4) is 0 Å². The molecule has 2 N–H and O–H groups in total. The molecule has 0 bridgehead atoms. The maximum atomic E-state index is 9.05. The van der Waals surface area contributed by atoms with Gasteiger partial charge in [-0.15, -0.1) is 0 Å². The van der Waals surface area contributed by atoms with Crippen LogP contribution in [0, 0.1) is 11.3 Å². The summed E-state index contributed by atoms with van der Waals surface area (Å²) in [6.07, 6.45) is 0. The van der Waals surface area contributed by atoms with Crippen LogP contribution in [0.15, 0.2) is 18.2 Å². The summed E-state index contributed by atoms with van der Waals surface area (Å²) in [5.74, 6) is 0. The number of hydrogen-bond donors (Lipinski definition) is 2. The van der Waals surface area contributed by atoms with Gasteiger partial charge in [0.1, 0.15) is 6.07 Å². The number of rotatable bonds is 4. The van der Waals surface area contributed by atoms with Crippen molar-refractivity contribution in [2.45, 2.75) is 0 Å². The SMILES string of the molecule is N#Cc1c(Cl)cccc1NCCN1CCNCC1. The Morgan fingerprint density at radius 1 is 1.39 bits per heavy atom. The molecule has 1 aliphatic heterocycles. The summed E-state index contributed by atoms with van der Waals surface area (Å²) in [6, 6.07) is 7.62. The average molecular weight is 265 g/mol. The number of nitriles is 1. The number of nitrogens with zero attached hydrogens (tertiary/aromatic N) is 2. The molecule has 96 valence electrons. The van der Waals surface area contributed by atoms with Crippen LogP contribution in [-0.4, -0.2) is 44.2 Å². The number of benzene rings is 1. The molecule has 0 aliphatic carbocycles. The molecule has 0 atom stereocenters. The largest absolute Gasteiger partial charge is 0.383 e. The van der Waals surface area contributed by atoms with Crippen LogP contribution in [0.1, 0.15) is 5.56 Å². The Hall–Kier alpha value is -1.28. The second-order valence-electron chi connectivity index (χ2n) is 4.29. The van der Waals surface area contributed by atoms with Crippen molar-refractivity contribution in [3.05, 3.63) is 28.8 Å². The molecule has 1 aromatic carbocycles. The van der Waals surface area contributed by atoms with Crippen molar-refractivity contribution < 1.29 is 0 Å². The minimum absolute atomic E-state index is 0.504. The monoisotopic (exact) mass is 264 g/mol. The zero-order valence-corrected chi connectivity index (χ0v) is 11.0. The van der Waals surface area contributed by atoms with Crippen molar-refractivity contribution in [1.82, 2.24) is 10.2 Å². The first-order chi connectivity index (χ1) is 8.81. The summed E-state index contributed by atoms with van der Waals surface area (Å²) < 4.78 is 0. The summed E-state index contributed by atoms with van der Waals surface area (Å²) in [6.45, 7) is 6.10. The molecule has 1 aliphatic rings. The predicted octanol–water partition coefficient (Wildman–Crippen LogP) is 1.53. The van der Waals surface area contributed by atoms with Gasteiger partial charge in [0.2, 0.25) is 0 Å². The van der Waals surface area contributed by atoms with Gasteiger partial charge in [-0.2, -0.15) is 5.26 Å². The smallest absolute Gasteiger partial charge is 0.103 e. The van der Waals surface area contributed by atoms with Gasteiger partial charge in [-0.1, -0.05) is 17.7 Å². The van der Waals surface area contributed by atoms with Gasteiger partial charge in [0.05, 0.1) is 16.3 Å². The molecule has 1 heterocycles. The molecule has 0 spiro atoms. The van der Waals surface area contributed by atoms with Gasteiger partial charge in [0.25, 0.3) is 0 Å². The molecule has 0 saturated carbocycles. The van der Waals surface area contributed by atoms with E-state index in [2.05, 4.69) is 21.6 Å². The molecule has 0 radical (unpaired) electrons. The average Bonchev–Trinajstić information content (AvgIpc) is 2.40. The quantitative estimate of drug-likeness (QED) is 0.866. The third-order valence-corrected chi connectivity index (χ3v) is 3.39. The van der Waals surface area contributed by atoms with Crippen molar-refractivity contribution >= 4 is 17.3 Å². The highest BCUT2D eigenvalue weighted by Crippen LogP contribution is 2.22. The third kappa shape index (κ3) is 3.36. The summed E-state index contributed by atoms with van der Waals surface area (Å²) in [5.41, 5.74) is 1.35. The number of nitrogens with one attached hydrogen (secondary N) is 2. The van der Waals surface area contributed by atoms with Gasteiger partial charge in [0, 0.05) is 39.3 Å². The fraction of sp³-hybridized carbons (Fsp3) is 0.462. The van der Waals surface area contributed by atoms with Crippen molar-refractivity contribution in [3.63, 3.8) is 0 Å². The standard InChI is InChI=1S/C13H17ClN4/c14-12-2-1-3-13(11(12)10-15)17-6-9-18-7-4-16-5-8-18/h1-3,16-17H,4-9H2. The summed E-state index contributed by atoms with van der Waals surface area (Å²) in [5, 5.41) is 16.2. The summed E-state index contributed by atoms with van der Waals surface area (Å²) in [4.78, 5) is 2.40. The second-order valence-corrected chi connectivity index (χ2v) is 4.70. The van der Waals surface area contributed by atoms with E-state index in [-0.39, 0.29) is 0 Å². The molecule has 0 unspecified atom stereocenters. The molecule has 18 heavy (non-hydrogen) atoms. The number of hydrogen-bond acceptors (Lipinski definition) is 4. The Bertz CT molecular complexity index is 435. The first-order valence-electron chi connectivity index (χ1n) is 6.17. The minimum atomic E-state index is 0.504. The summed E-state index contributed by atoms with van der Waals surface area (Å²) in [7, 11) is 0. The topological polar surface area (TPSA) is 51.1 Å². The van der Waals surface area contributed by atoms with E-state index in [1.54, 1.807) is 6.07 Å². The lowest BCUT2D eigenvalue weighted by molar-refractivity contribution is 0.249. The van der Waals surface area contributed by atoms with Crippen LogP contribution >= 0.6 is 11.6 Å². The Kier molecular flexibility index (Phi) is 4.82. The maximum Gasteiger partial charge on any atom is 0.103 e. The molecule has 1 aromatic rings. The molecule has 0 aromatic heterocycles. The molecule has 1 saturated heterocycles. The van der Waals surface area contributed by atoms with Crippen molar-refractivity contribution in [1.29, 1.82) is 5.26 Å². The highest BCUT2D eigenvalue weighted by molar-refractivity contribution is 6.32. The molecule has 1 fully saturated rings. The number of piperazine rings is 1. The lowest BCUT2D eigenvalue weighted by atomic mass is 10.2. The van der Waals surface area contributed by atoms with Crippen LogP contribution < -0.4 is 10.6 Å². The van der Waals surface area contributed by atoms with Gasteiger partial charge in [-0.05, 0) is 12.1 Å². The van der Waals surface area contributed by atoms with Gasteiger partial charge < -0.3 is 10.6 Å². The van der Waals surface area contributed by atoms with E-state index < -0.39 is 0 Å². The predicted molar refractivity (Wildman–Crippen MR) is 74.0 cm³/mol. The second kappa shape index (κ2) is 6.60. The molecular weight excluding hydrogens is 248 g/mol. The maximum absolute atomic E-state index is 9.05. The van der Waals surface area contributed by atoms with Gasteiger partial charge in [0.15, 0.2) is 0 Å². The van der Waals surface area contributed by atoms with Crippen molar-refractivity contribution in [3.8, 4) is 6.07 Å². The lowest BCUT2D eigenvalue weighted by Crippen LogP contribution is -2.45. The van der Waals surface area contributed by atoms with Crippen LogP contribution in [0.5, 0.6) is 0 Å². The Balaban J connectivity index is 1.86. The Morgan fingerprint density at radius 3 is 2.89 bits per heavy atom. The Labute approximate surface area is 113 Å². The molecule has 0 amide bonds. The molecule has 5 heteroatoms. The Morgan fingerprint density at radius 2 is 2.17 bits per heavy atom. The highest BCUT2D eigenvalue weighted by Gasteiger charge is 2.09. The van der Waals surface area contributed by atoms with Crippen LogP contribution in [-0.2, 0) is 0 Å². The molecular formula is C13H17ClN4. The first kappa shape index (κ1) is 13.2. The van der Waals surface area contributed by atoms with E-state index in [0.717, 1.165) is 45.0 Å². The lowest BCUT2D eigenvalue weighted by Gasteiger charge is -2.27. The summed E-state index contributed by atoms with van der Waals surface area (Å²) >= 11 is 5.98. The van der Waals surface area contributed by atoms with E-state index in [9.17, 15) is 0 Å². The fourth-order valence-electron chi connectivity index (χ4n) is 2.07.